The normalized spacial score (nSPS) is 9.28. The number of nitrogens with one attached hydrogen (secondary N) is 2. The minimum Gasteiger partial charge on any atom is -0.494 e. The molecule has 2 heterocycles. The second-order valence-corrected chi connectivity index (χ2v) is 3.24. The minimum atomic E-state index is -0.272. The van der Waals surface area contributed by atoms with E-state index < -0.39 is 0 Å². The quantitative estimate of drug-likeness (QED) is 0.622. The molecular formula is C11H8N6O. The molecule has 0 saturated heterocycles. The lowest BCUT2D eigenvalue weighted by Gasteiger charge is -2.07. The number of H-pyrrole nitrogens is 1. The molecule has 0 bridgehead atoms. The molecule has 88 valence electrons. The largest absolute Gasteiger partial charge is 0.494 e. The average molecular weight is 240 g/mol. The van der Waals surface area contributed by atoms with Crippen LogP contribution in [0.4, 0.5) is 5.69 Å². The zero-order valence-corrected chi connectivity index (χ0v) is 9.43. The Kier molecular flexibility index (Phi) is 3.08. The molecule has 2 aromatic heterocycles. The molecule has 7 nitrogen and oxygen atoms in total. The van der Waals surface area contributed by atoms with Crippen molar-refractivity contribution in [2.75, 3.05) is 12.5 Å². The van der Waals surface area contributed by atoms with Crippen LogP contribution in [0.25, 0.3) is 11.0 Å². The maximum absolute atomic E-state index is 8.57. The van der Waals surface area contributed by atoms with Crippen molar-refractivity contribution in [2.45, 2.75) is 0 Å². The van der Waals surface area contributed by atoms with Crippen LogP contribution in [-0.2, 0) is 0 Å². The van der Waals surface area contributed by atoms with Crippen molar-refractivity contribution in [1.82, 2.24) is 9.97 Å². The van der Waals surface area contributed by atoms with Gasteiger partial charge >= 0.3 is 0 Å². The topological polar surface area (TPSA) is 110 Å². The average Bonchev–Trinajstić information content (AvgIpc) is 2.87. The van der Waals surface area contributed by atoms with Crippen LogP contribution in [-0.4, -0.2) is 22.8 Å². The van der Waals surface area contributed by atoms with E-state index in [0.717, 1.165) is 5.39 Å². The van der Waals surface area contributed by atoms with E-state index in [1.807, 2.05) is 6.07 Å². The fraction of sp³-hybridized carbons (Fsp3) is 0.0909. The number of rotatable bonds is 3. The Balaban J connectivity index is 2.43. The third-order valence-electron chi connectivity index (χ3n) is 2.24. The third kappa shape index (κ3) is 1.93. The number of methoxy groups -OCH3 is 1. The maximum Gasteiger partial charge on any atom is 0.237 e. The van der Waals surface area contributed by atoms with Crippen molar-refractivity contribution in [2.24, 2.45) is 5.10 Å². The molecule has 0 aliphatic heterocycles. The van der Waals surface area contributed by atoms with Gasteiger partial charge in [-0.25, -0.2) is 4.98 Å². The van der Waals surface area contributed by atoms with E-state index in [1.54, 1.807) is 18.3 Å². The Morgan fingerprint density at radius 1 is 1.50 bits per heavy atom. The van der Waals surface area contributed by atoms with Gasteiger partial charge in [-0.3, -0.25) is 5.43 Å². The Hall–Kier alpha value is -3.06. The molecule has 0 atom stereocenters. The molecule has 0 aliphatic rings. The first kappa shape index (κ1) is 11.4. The van der Waals surface area contributed by atoms with Gasteiger partial charge in [-0.1, -0.05) is 0 Å². The summed E-state index contributed by atoms with van der Waals surface area (Å²) in [6, 6.07) is 5.11. The van der Waals surface area contributed by atoms with Crippen molar-refractivity contribution >= 4 is 22.4 Å². The van der Waals surface area contributed by atoms with Gasteiger partial charge in [0, 0.05) is 6.20 Å². The molecule has 0 saturated carbocycles. The van der Waals surface area contributed by atoms with Gasteiger partial charge in [0.25, 0.3) is 0 Å². The Bertz CT molecular complexity index is 672. The zero-order valence-electron chi connectivity index (χ0n) is 9.43. The van der Waals surface area contributed by atoms with Crippen LogP contribution in [0.1, 0.15) is 0 Å². The first-order valence-corrected chi connectivity index (χ1v) is 4.94. The lowest BCUT2D eigenvalue weighted by Crippen LogP contribution is -1.99. The molecular weight excluding hydrogens is 232 g/mol. The van der Waals surface area contributed by atoms with Crippen LogP contribution >= 0.6 is 0 Å². The van der Waals surface area contributed by atoms with Gasteiger partial charge in [0.2, 0.25) is 5.71 Å². The van der Waals surface area contributed by atoms with Crippen LogP contribution < -0.4 is 10.2 Å². The van der Waals surface area contributed by atoms with Gasteiger partial charge in [-0.15, -0.1) is 0 Å². The molecule has 0 radical (unpaired) electrons. The first-order chi connectivity index (χ1) is 8.80. The second-order valence-electron chi connectivity index (χ2n) is 3.24. The number of hydrogen-bond acceptors (Lipinski definition) is 6. The lowest BCUT2D eigenvalue weighted by molar-refractivity contribution is 0.421. The van der Waals surface area contributed by atoms with Crippen LogP contribution in [0, 0.1) is 22.7 Å². The van der Waals surface area contributed by atoms with Crippen LogP contribution in [0.5, 0.6) is 5.75 Å². The molecule has 0 fully saturated rings. The van der Waals surface area contributed by atoms with Crippen molar-refractivity contribution in [3.8, 4) is 17.9 Å². The highest BCUT2D eigenvalue weighted by atomic mass is 16.5. The Morgan fingerprint density at radius 2 is 2.28 bits per heavy atom. The SMILES string of the molecule is COc1c(NN=C(C#N)C#N)cnc2[nH]ccc12. The first-order valence-electron chi connectivity index (χ1n) is 4.94. The van der Waals surface area contributed by atoms with Gasteiger partial charge in [0.05, 0.1) is 18.7 Å². The number of anilines is 1. The monoisotopic (exact) mass is 240 g/mol. The molecule has 7 heteroatoms. The molecule has 18 heavy (non-hydrogen) atoms. The molecule has 0 amide bonds. The smallest absolute Gasteiger partial charge is 0.237 e. The van der Waals surface area contributed by atoms with Gasteiger partial charge < -0.3 is 9.72 Å². The molecule has 0 unspecified atom stereocenters. The zero-order chi connectivity index (χ0) is 13.0. The fourth-order valence-corrected chi connectivity index (χ4v) is 1.47. The van der Waals surface area contributed by atoms with Crippen LogP contribution in [0.2, 0.25) is 0 Å². The summed E-state index contributed by atoms with van der Waals surface area (Å²) < 4.78 is 5.26. The molecule has 0 aromatic carbocycles. The Morgan fingerprint density at radius 3 is 2.94 bits per heavy atom. The minimum absolute atomic E-state index is 0.272. The van der Waals surface area contributed by atoms with Crippen molar-refractivity contribution < 1.29 is 4.74 Å². The summed E-state index contributed by atoms with van der Waals surface area (Å²) in [7, 11) is 1.52. The standard InChI is InChI=1S/C11H8N6O/c1-18-10-8-2-3-14-11(8)15-6-9(10)17-16-7(4-12)5-13/h2-3,6,17H,1H3,(H,14,15). The number of aromatic nitrogens is 2. The van der Waals surface area contributed by atoms with E-state index in [9.17, 15) is 0 Å². The highest BCUT2D eigenvalue weighted by Crippen LogP contribution is 2.31. The predicted octanol–water partition coefficient (Wildman–Crippen LogP) is 1.39. The van der Waals surface area contributed by atoms with Crippen molar-refractivity contribution in [3.63, 3.8) is 0 Å². The number of pyridine rings is 1. The number of hydrazone groups is 1. The summed E-state index contributed by atoms with van der Waals surface area (Å²) >= 11 is 0. The van der Waals surface area contributed by atoms with Gasteiger partial charge in [-0.05, 0) is 6.07 Å². The molecule has 2 rings (SSSR count). The van der Waals surface area contributed by atoms with E-state index >= 15 is 0 Å². The number of hydrogen-bond donors (Lipinski definition) is 2. The van der Waals surface area contributed by atoms with E-state index in [1.165, 1.54) is 13.3 Å². The van der Waals surface area contributed by atoms with Gasteiger partial charge in [0.1, 0.15) is 23.5 Å². The van der Waals surface area contributed by atoms with E-state index in [-0.39, 0.29) is 5.71 Å². The van der Waals surface area contributed by atoms with Crippen LogP contribution in [0.3, 0.4) is 0 Å². The van der Waals surface area contributed by atoms with Crippen molar-refractivity contribution in [1.29, 1.82) is 10.5 Å². The van der Waals surface area contributed by atoms with Crippen LogP contribution in [0.15, 0.2) is 23.6 Å². The highest BCUT2D eigenvalue weighted by Gasteiger charge is 2.09. The van der Waals surface area contributed by atoms with E-state index in [2.05, 4.69) is 20.5 Å². The third-order valence-corrected chi connectivity index (χ3v) is 2.24. The molecule has 2 aromatic rings. The maximum atomic E-state index is 8.57. The molecule has 2 N–H and O–H groups in total. The summed E-state index contributed by atoms with van der Waals surface area (Å²) in [5.74, 6) is 0.542. The molecule has 0 spiro atoms. The predicted molar refractivity (Wildman–Crippen MR) is 64.9 cm³/mol. The summed E-state index contributed by atoms with van der Waals surface area (Å²) in [5.41, 5.74) is 3.48. The second kappa shape index (κ2) is 4.85. The number of ether oxygens (including phenoxy) is 1. The summed E-state index contributed by atoms with van der Waals surface area (Å²) in [6.07, 6.45) is 3.25. The summed E-state index contributed by atoms with van der Waals surface area (Å²) in [5, 5.41) is 21.6. The number of fused-ring (bicyclic) bond motifs is 1. The molecule has 0 aliphatic carbocycles. The van der Waals surface area contributed by atoms with Gasteiger partial charge in [0.15, 0.2) is 5.75 Å². The van der Waals surface area contributed by atoms with E-state index in [4.69, 9.17) is 15.3 Å². The van der Waals surface area contributed by atoms with E-state index in [0.29, 0.717) is 17.1 Å². The summed E-state index contributed by atoms with van der Waals surface area (Å²) in [6.45, 7) is 0. The summed E-state index contributed by atoms with van der Waals surface area (Å²) in [4.78, 5) is 7.10. The number of aromatic amines is 1. The fourth-order valence-electron chi connectivity index (χ4n) is 1.47. The van der Waals surface area contributed by atoms with Crippen molar-refractivity contribution in [3.05, 3.63) is 18.5 Å². The number of nitrogens with zero attached hydrogens (tertiary/aromatic N) is 4. The number of nitriles is 2. The highest BCUT2D eigenvalue weighted by molar-refractivity contribution is 6.10. The lowest BCUT2D eigenvalue weighted by atomic mass is 10.3. The van der Waals surface area contributed by atoms with Gasteiger partial charge in [-0.2, -0.15) is 15.6 Å². The Labute approximate surface area is 102 Å².